The van der Waals surface area contributed by atoms with Gasteiger partial charge in [0, 0.05) is 17.1 Å². The Kier molecular flexibility index (Phi) is 6.16. The van der Waals surface area contributed by atoms with Crippen LogP contribution in [0.25, 0.3) is 11.8 Å². The number of carbonyl (C=O) groups is 3. The molecule has 2 aliphatic rings. The summed E-state index contributed by atoms with van der Waals surface area (Å²) in [5.74, 6) is -0.237. The highest BCUT2D eigenvalue weighted by atomic mass is 16.3. The quantitative estimate of drug-likeness (QED) is 0.399. The number of barbiturate groups is 1. The van der Waals surface area contributed by atoms with Crippen LogP contribution in [0.3, 0.4) is 0 Å². The van der Waals surface area contributed by atoms with Crippen LogP contribution in [0.2, 0.25) is 0 Å². The molecule has 4 amide bonds. The van der Waals surface area contributed by atoms with E-state index in [0.717, 1.165) is 27.5 Å². The molecule has 0 radical (unpaired) electrons. The van der Waals surface area contributed by atoms with Gasteiger partial charge in [0.2, 0.25) is 0 Å². The predicted octanol–water partition coefficient (Wildman–Crippen LogP) is 5.40. The van der Waals surface area contributed by atoms with Crippen molar-refractivity contribution in [2.75, 3.05) is 0 Å². The van der Waals surface area contributed by atoms with Crippen molar-refractivity contribution in [2.45, 2.75) is 58.4 Å². The Morgan fingerprint density at radius 3 is 2.46 bits per heavy atom. The number of benzene rings is 1. The van der Waals surface area contributed by atoms with Gasteiger partial charge in [-0.3, -0.25) is 19.8 Å². The van der Waals surface area contributed by atoms with Crippen molar-refractivity contribution in [3.8, 4) is 5.69 Å². The van der Waals surface area contributed by atoms with Gasteiger partial charge in [-0.05, 0) is 80.1 Å². The maximum Gasteiger partial charge on any atom is 0.331 e. The Labute approximate surface area is 204 Å². The van der Waals surface area contributed by atoms with E-state index in [-0.39, 0.29) is 12.1 Å². The average molecular weight is 472 g/mol. The van der Waals surface area contributed by atoms with E-state index >= 15 is 0 Å². The summed E-state index contributed by atoms with van der Waals surface area (Å²) in [4.78, 5) is 38.9. The van der Waals surface area contributed by atoms with Crippen LogP contribution in [0, 0.1) is 13.8 Å². The lowest BCUT2D eigenvalue weighted by Crippen LogP contribution is -2.53. The topological polar surface area (TPSA) is 84.6 Å². The molecule has 0 atom stereocenters. The van der Waals surface area contributed by atoms with Crippen molar-refractivity contribution in [1.29, 1.82) is 0 Å². The van der Waals surface area contributed by atoms with Gasteiger partial charge in [-0.1, -0.05) is 31.4 Å². The fourth-order valence-corrected chi connectivity index (χ4v) is 5.21. The third kappa shape index (κ3) is 4.46. The molecule has 1 N–H and O–H groups in total. The second-order valence-electron chi connectivity index (χ2n) is 9.38. The van der Waals surface area contributed by atoms with E-state index in [1.807, 2.05) is 19.9 Å². The summed E-state index contributed by atoms with van der Waals surface area (Å²) in [6, 6.07) is 13.3. The molecule has 2 aromatic heterocycles. The molecular weight excluding hydrogens is 442 g/mol. The molecule has 180 valence electrons. The van der Waals surface area contributed by atoms with E-state index in [1.165, 1.54) is 43.9 Å². The van der Waals surface area contributed by atoms with Crippen molar-refractivity contribution in [3.63, 3.8) is 0 Å². The lowest BCUT2D eigenvalue weighted by molar-refractivity contribution is -0.130. The highest BCUT2D eigenvalue weighted by Gasteiger charge is 2.36. The number of carbonyl (C=O) groups excluding carboxylic acids is 3. The maximum atomic E-state index is 13.1. The molecule has 1 aliphatic heterocycles. The van der Waals surface area contributed by atoms with Crippen LogP contribution in [0.4, 0.5) is 4.79 Å². The Morgan fingerprint density at radius 1 is 1.03 bits per heavy atom. The number of imide groups is 2. The smallest absolute Gasteiger partial charge is 0.331 e. The van der Waals surface area contributed by atoms with Gasteiger partial charge in [0.15, 0.2) is 0 Å². The summed E-state index contributed by atoms with van der Waals surface area (Å²) < 4.78 is 7.38. The first-order chi connectivity index (χ1) is 16.9. The summed E-state index contributed by atoms with van der Waals surface area (Å²) in [5, 5.41) is 2.26. The normalized spacial score (nSPS) is 18.4. The van der Waals surface area contributed by atoms with Crippen molar-refractivity contribution < 1.29 is 18.8 Å². The summed E-state index contributed by atoms with van der Waals surface area (Å²) >= 11 is 0. The lowest BCUT2D eigenvalue weighted by Gasteiger charge is -2.25. The molecule has 1 saturated carbocycles. The highest BCUT2D eigenvalue weighted by Crippen LogP contribution is 2.33. The molecule has 1 aliphatic carbocycles. The first kappa shape index (κ1) is 22.9. The SMILES string of the molecule is Cc1cc(C=C2C(=O)NC(=O)N(Cc3ccco3)C2=O)c(C)n1-c1ccc(C2CCCCC2)cc1. The minimum Gasteiger partial charge on any atom is -0.467 e. The average Bonchev–Trinajstić information content (AvgIpc) is 3.47. The van der Waals surface area contributed by atoms with Crippen LogP contribution >= 0.6 is 0 Å². The minimum absolute atomic E-state index is 0.0470. The highest BCUT2D eigenvalue weighted by molar-refractivity contribution is 6.31. The molecule has 3 aromatic rings. The van der Waals surface area contributed by atoms with Gasteiger partial charge in [-0.15, -0.1) is 0 Å². The van der Waals surface area contributed by atoms with Gasteiger partial charge in [0.05, 0.1) is 12.8 Å². The lowest BCUT2D eigenvalue weighted by atomic mass is 9.84. The van der Waals surface area contributed by atoms with E-state index in [0.29, 0.717) is 11.7 Å². The first-order valence-electron chi connectivity index (χ1n) is 12.1. The van der Waals surface area contributed by atoms with Crippen LogP contribution in [-0.2, 0) is 16.1 Å². The van der Waals surface area contributed by atoms with Crippen LogP contribution in [0.15, 0.2) is 58.7 Å². The zero-order chi connectivity index (χ0) is 24.5. The number of urea groups is 1. The molecule has 1 saturated heterocycles. The third-order valence-electron chi connectivity index (χ3n) is 7.08. The van der Waals surface area contributed by atoms with Crippen LogP contribution in [0.1, 0.15) is 66.3 Å². The van der Waals surface area contributed by atoms with Crippen molar-refractivity contribution in [1.82, 2.24) is 14.8 Å². The Balaban J connectivity index is 1.43. The summed E-state index contributed by atoms with van der Waals surface area (Å²) in [6.07, 6.45) is 9.50. The van der Waals surface area contributed by atoms with E-state index in [2.05, 4.69) is 34.1 Å². The number of furan rings is 1. The molecule has 0 spiro atoms. The van der Waals surface area contributed by atoms with Crippen molar-refractivity contribution >= 4 is 23.9 Å². The van der Waals surface area contributed by atoms with Crippen LogP contribution < -0.4 is 5.32 Å². The third-order valence-corrected chi connectivity index (χ3v) is 7.08. The maximum absolute atomic E-state index is 13.1. The number of aromatic nitrogens is 1. The van der Waals surface area contributed by atoms with Gasteiger partial charge in [-0.25, -0.2) is 4.79 Å². The largest absolute Gasteiger partial charge is 0.467 e. The molecular formula is C28H29N3O4. The number of nitrogens with zero attached hydrogens (tertiary/aromatic N) is 2. The number of hydrogen-bond acceptors (Lipinski definition) is 4. The van der Waals surface area contributed by atoms with E-state index in [4.69, 9.17) is 4.42 Å². The molecule has 7 nitrogen and oxygen atoms in total. The summed E-state index contributed by atoms with van der Waals surface area (Å²) in [7, 11) is 0. The van der Waals surface area contributed by atoms with Crippen LogP contribution in [0.5, 0.6) is 0 Å². The minimum atomic E-state index is -0.753. The number of amides is 4. The van der Waals surface area contributed by atoms with Crippen molar-refractivity contribution in [3.05, 3.63) is 82.6 Å². The van der Waals surface area contributed by atoms with Gasteiger partial charge in [0.25, 0.3) is 11.8 Å². The monoisotopic (exact) mass is 471 g/mol. The molecule has 2 fully saturated rings. The van der Waals surface area contributed by atoms with Gasteiger partial charge in [0.1, 0.15) is 11.3 Å². The molecule has 0 unspecified atom stereocenters. The Morgan fingerprint density at radius 2 is 1.77 bits per heavy atom. The van der Waals surface area contributed by atoms with Gasteiger partial charge >= 0.3 is 6.03 Å². The number of nitrogens with one attached hydrogen (secondary N) is 1. The van der Waals surface area contributed by atoms with E-state index in [9.17, 15) is 14.4 Å². The zero-order valence-electron chi connectivity index (χ0n) is 20.0. The zero-order valence-corrected chi connectivity index (χ0v) is 20.0. The molecule has 1 aromatic carbocycles. The second-order valence-corrected chi connectivity index (χ2v) is 9.38. The molecule has 35 heavy (non-hydrogen) atoms. The van der Waals surface area contributed by atoms with Crippen molar-refractivity contribution in [2.24, 2.45) is 0 Å². The van der Waals surface area contributed by atoms with Gasteiger partial charge < -0.3 is 8.98 Å². The Hall–Kier alpha value is -3.87. The second kappa shape index (κ2) is 9.41. The first-order valence-corrected chi connectivity index (χ1v) is 12.1. The van der Waals surface area contributed by atoms with Gasteiger partial charge in [-0.2, -0.15) is 0 Å². The molecule has 7 heteroatoms. The number of rotatable bonds is 5. The Bertz CT molecular complexity index is 1290. The molecule has 0 bridgehead atoms. The molecule has 3 heterocycles. The number of aryl methyl sites for hydroxylation is 1. The fourth-order valence-electron chi connectivity index (χ4n) is 5.21. The number of hydrogen-bond donors (Lipinski definition) is 1. The van der Waals surface area contributed by atoms with Crippen LogP contribution in [-0.4, -0.2) is 27.3 Å². The fraction of sp³-hybridized carbons (Fsp3) is 0.321. The standard InChI is InChI=1S/C28H29N3O4/c1-18-15-22(16-25-26(32)29-28(34)30(27(25)33)17-24-9-6-14-35-24)19(2)31(18)23-12-10-21(11-13-23)20-7-4-3-5-8-20/h6,9-16,20H,3-5,7-8,17H2,1-2H3,(H,29,32,34). The van der Waals surface area contributed by atoms with E-state index in [1.54, 1.807) is 18.2 Å². The van der Waals surface area contributed by atoms with E-state index < -0.39 is 17.8 Å². The predicted molar refractivity (Wildman–Crippen MR) is 132 cm³/mol. The summed E-state index contributed by atoms with van der Waals surface area (Å²) in [6.45, 7) is 3.92. The summed E-state index contributed by atoms with van der Waals surface area (Å²) in [5.41, 5.74) is 5.01. The molecule has 5 rings (SSSR count).